The second kappa shape index (κ2) is 4.48. The molecule has 0 aliphatic carbocycles. The Kier molecular flexibility index (Phi) is 3.01. The lowest BCUT2D eigenvalue weighted by molar-refractivity contribution is 0.0526. The summed E-state index contributed by atoms with van der Waals surface area (Å²) in [6.07, 6.45) is 1.40. The molecule has 2 N–H and O–H groups in total. The summed E-state index contributed by atoms with van der Waals surface area (Å²) in [5, 5.41) is 4.24. The molecule has 0 saturated heterocycles. The zero-order chi connectivity index (χ0) is 13.3. The lowest BCUT2D eigenvalue weighted by atomic mass is 10.2. The van der Waals surface area contributed by atoms with Crippen molar-refractivity contribution in [3.05, 3.63) is 30.1 Å². The summed E-state index contributed by atoms with van der Waals surface area (Å²) >= 11 is 0. The third-order valence-corrected chi connectivity index (χ3v) is 2.45. The second-order valence-electron chi connectivity index (χ2n) is 3.86. The van der Waals surface area contributed by atoms with E-state index in [0.717, 1.165) is 5.57 Å². The fourth-order valence-corrected chi connectivity index (χ4v) is 1.53. The highest BCUT2D eigenvalue weighted by Crippen LogP contribution is 2.17. The summed E-state index contributed by atoms with van der Waals surface area (Å²) in [5.74, 6) is -0.289. The predicted octanol–water partition coefficient (Wildman–Crippen LogP) is 1.52. The highest BCUT2D eigenvalue weighted by atomic mass is 16.5. The third kappa shape index (κ3) is 1.92. The number of nitrogens with two attached hydrogens (primary N) is 1. The number of aromatic nitrogens is 3. The van der Waals surface area contributed by atoms with Crippen molar-refractivity contribution >= 4 is 23.0 Å². The first-order valence-electron chi connectivity index (χ1n) is 5.51. The molecule has 94 valence electrons. The predicted molar refractivity (Wildman–Crippen MR) is 68.1 cm³/mol. The SMILES string of the molecule is C=C(C)c1cc2ncc(C(=O)OCC)c(N)n2n1. The summed E-state index contributed by atoms with van der Waals surface area (Å²) in [6, 6.07) is 1.76. The molecule has 6 heteroatoms. The van der Waals surface area contributed by atoms with Gasteiger partial charge in [-0.05, 0) is 19.4 Å². The van der Waals surface area contributed by atoms with Crippen LogP contribution in [0.4, 0.5) is 5.82 Å². The van der Waals surface area contributed by atoms with Gasteiger partial charge in [0.25, 0.3) is 0 Å². The van der Waals surface area contributed by atoms with Gasteiger partial charge in [0.2, 0.25) is 0 Å². The maximum Gasteiger partial charge on any atom is 0.343 e. The van der Waals surface area contributed by atoms with Crippen molar-refractivity contribution in [2.75, 3.05) is 12.3 Å². The van der Waals surface area contributed by atoms with E-state index in [-0.39, 0.29) is 18.0 Å². The van der Waals surface area contributed by atoms with Gasteiger partial charge in [-0.3, -0.25) is 0 Å². The number of carbonyl (C=O) groups excluding carboxylic acids is 1. The topological polar surface area (TPSA) is 82.5 Å². The zero-order valence-corrected chi connectivity index (χ0v) is 10.3. The number of ether oxygens (including phenoxy) is 1. The molecule has 0 atom stereocenters. The van der Waals surface area contributed by atoms with Crippen LogP contribution in [0.25, 0.3) is 11.2 Å². The van der Waals surface area contributed by atoms with E-state index < -0.39 is 5.97 Å². The molecule has 2 aromatic rings. The van der Waals surface area contributed by atoms with Crippen LogP contribution in [0, 0.1) is 0 Å². The van der Waals surface area contributed by atoms with Gasteiger partial charge >= 0.3 is 5.97 Å². The Morgan fingerprint density at radius 1 is 1.61 bits per heavy atom. The molecule has 0 spiro atoms. The number of hydrogen-bond donors (Lipinski definition) is 1. The lowest BCUT2D eigenvalue weighted by Gasteiger charge is -2.05. The van der Waals surface area contributed by atoms with Gasteiger partial charge in [-0.15, -0.1) is 0 Å². The molecule has 6 nitrogen and oxygen atoms in total. The number of nitrogens with zero attached hydrogens (tertiary/aromatic N) is 3. The molecule has 2 rings (SSSR count). The van der Waals surface area contributed by atoms with Gasteiger partial charge < -0.3 is 10.5 Å². The van der Waals surface area contributed by atoms with Crippen molar-refractivity contribution in [2.24, 2.45) is 0 Å². The fraction of sp³-hybridized carbons (Fsp3) is 0.250. The number of rotatable bonds is 3. The van der Waals surface area contributed by atoms with Gasteiger partial charge in [0.1, 0.15) is 11.4 Å². The number of esters is 1. The minimum absolute atomic E-state index is 0.209. The van der Waals surface area contributed by atoms with Crippen LogP contribution in [0.3, 0.4) is 0 Å². The van der Waals surface area contributed by atoms with Crippen molar-refractivity contribution in [2.45, 2.75) is 13.8 Å². The van der Waals surface area contributed by atoms with E-state index in [2.05, 4.69) is 16.7 Å². The van der Waals surface area contributed by atoms with E-state index in [1.807, 2.05) is 6.92 Å². The van der Waals surface area contributed by atoms with E-state index in [0.29, 0.717) is 11.3 Å². The van der Waals surface area contributed by atoms with Gasteiger partial charge in [-0.1, -0.05) is 6.58 Å². The molecular weight excluding hydrogens is 232 g/mol. The van der Waals surface area contributed by atoms with Gasteiger partial charge in [0.15, 0.2) is 5.65 Å². The van der Waals surface area contributed by atoms with E-state index in [9.17, 15) is 4.79 Å². The van der Waals surface area contributed by atoms with E-state index >= 15 is 0 Å². The number of carbonyl (C=O) groups is 1. The maximum absolute atomic E-state index is 11.6. The average Bonchev–Trinajstić information content (AvgIpc) is 2.74. The molecule has 0 fully saturated rings. The Hall–Kier alpha value is -2.37. The van der Waals surface area contributed by atoms with E-state index in [1.165, 1.54) is 10.7 Å². The molecule has 2 aromatic heterocycles. The molecule has 0 bridgehead atoms. The molecule has 0 radical (unpaired) electrons. The van der Waals surface area contributed by atoms with Crippen molar-refractivity contribution in [1.29, 1.82) is 0 Å². The van der Waals surface area contributed by atoms with Crippen LogP contribution in [-0.4, -0.2) is 27.2 Å². The normalized spacial score (nSPS) is 10.6. The zero-order valence-electron chi connectivity index (χ0n) is 10.3. The number of nitrogen functional groups attached to an aromatic ring is 1. The number of allylic oxidation sites excluding steroid dienone is 1. The van der Waals surface area contributed by atoms with Crippen LogP contribution in [0.1, 0.15) is 29.9 Å². The first kappa shape index (κ1) is 12.1. The monoisotopic (exact) mass is 246 g/mol. The van der Waals surface area contributed by atoms with Crippen LogP contribution < -0.4 is 5.73 Å². The van der Waals surface area contributed by atoms with Crippen molar-refractivity contribution in [3.8, 4) is 0 Å². The molecular formula is C12H14N4O2. The van der Waals surface area contributed by atoms with E-state index in [1.54, 1.807) is 13.0 Å². The quantitative estimate of drug-likeness (QED) is 0.830. The Labute approximate surface area is 104 Å². The summed E-state index contributed by atoms with van der Waals surface area (Å²) < 4.78 is 6.31. The Morgan fingerprint density at radius 3 is 2.94 bits per heavy atom. The highest BCUT2D eigenvalue weighted by molar-refractivity contribution is 5.94. The molecule has 0 unspecified atom stereocenters. The van der Waals surface area contributed by atoms with Gasteiger partial charge in [0.05, 0.1) is 12.3 Å². The van der Waals surface area contributed by atoms with Crippen LogP contribution in [0.15, 0.2) is 18.8 Å². The third-order valence-electron chi connectivity index (χ3n) is 2.45. The Morgan fingerprint density at radius 2 is 2.33 bits per heavy atom. The molecule has 2 heterocycles. The average molecular weight is 246 g/mol. The first-order valence-corrected chi connectivity index (χ1v) is 5.51. The maximum atomic E-state index is 11.6. The van der Waals surface area contributed by atoms with Crippen LogP contribution in [0.5, 0.6) is 0 Å². The summed E-state index contributed by atoms with van der Waals surface area (Å²) in [4.78, 5) is 15.8. The first-order chi connectivity index (χ1) is 8.54. The largest absolute Gasteiger partial charge is 0.462 e. The van der Waals surface area contributed by atoms with Crippen LogP contribution in [-0.2, 0) is 4.74 Å². The summed E-state index contributed by atoms with van der Waals surface area (Å²) in [5.41, 5.74) is 8.16. The smallest absolute Gasteiger partial charge is 0.343 e. The molecule has 0 aliphatic heterocycles. The molecule has 0 aromatic carbocycles. The van der Waals surface area contributed by atoms with Gasteiger partial charge in [0, 0.05) is 12.3 Å². The summed E-state index contributed by atoms with van der Waals surface area (Å²) in [6.45, 7) is 7.65. The van der Waals surface area contributed by atoms with Crippen LogP contribution >= 0.6 is 0 Å². The standard InChI is InChI=1S/C12H14N4O2/c1-4-18-12(17)8-6-14-10-5-9(7(2)3)15-16(10)11(8)13/h5-6H,2,4,13H2,1,3H3. The molecule has 0 saturated carbocycles. The van der Waals surface area contributed by atoms with Gasteiger partial charge in [-0.25, -0.2) is 9.78 Å². The number of anilines is 1. The minimum atomic E-state index is -0.503. The van der Waals surface area contributed by atoms with Crippen molar-refractivity contribution < 1.29 is 9.53 Å². The molecule has 0 amide bonds. The highest BCUT2D eigenvalue weighted by Gasteiger charge is 2.16. The van der Waals surface area contributed by atoms with E-state index in [4.69, 9.17) is 10.5 Å². The Balaban J connectivity index is 2.56. The minimum Gasteiger partial charge on any atom is -0.462 e. The number of hydrogen-bond acceptors (Lipinski definition) is 5. The molecule has 18 heavy (non-hydrogen) atoms. The lowest BCUT2D eigenvalue weighted by Crippen LogP contribution is -2.12. The van der Waals surface area contributed by atoms with Gasteiger partial charge in [-0.2, -0.15) is 9.61 Å². The van der Waals surface area contributed by atoms with Crippen molar-refractivity contribution in [3.63, 3.8) is 0 Å². The second-order valence-corrected chi connectivity index (χ2v) is 3.86. The van der Waals surface area contributed by atoms with Crippen molar-refractivity contribution in [1.82, 2.24) is 14.6 Å². The fourth-order valence-electron chi connectivity index (χ4n) is 1.53. The Bertz CT molecular complexity index is 630. The van der Waals surface area contributed by atoms with Crippen LogP contribution in [0.2, 0.25) is 0 Å². The molecule has 0 aliphatic rings. The number of fused-ring (bicyclic) bond motifs is 1. The summed E-state index contributed by atoms with van der Waals surface area (Å²) in [7, 11) is 0.